The van der Waals surface area contributed by atoms with Crippen LogP contribution in [0.2, 0.25) is 0 Å². The molecule has 0 aliphatic carbocycles. The molecular formula is C23H24N6O3S. The van der Waals surface area contributed by atoms with Crippen molar-refractivity contribution >= 4 is 26.9 Å². The molecule has 9 nitrogen and oxygen atoms in total. The first-order valence-corrected chi connectivity index (χ1v) is 12.5. The van der Waals surface area contributed by atoms with Crippen LogP contribution in [-0.2, 0) is 10.0 Å². The van der Waals surface area contributed by atoms with Crippen LogP contribution in [0.4, 0.5) is 5.82 Å². The molecule has 5 rings (SSSR count). The quantitative estimate of drug-likeness (QED) is 0.481. The number of ether oxygens (including phenoxy) is 1. The minimum absolute atomic E-state index is 0.139. The zero-order valence-electron chi connectivity index (χ0n) is 18.1. The Morgan fingerprint density at radius 2 is 1.76 bits per heavy atom. The largest absolute Gasteiger partial charge is 0.457 e. The molecule has 10 heteroatoms. The molecule has 0 bridgehead atoms. The molecule has 170 valence electrons. The highest BCUT2D eigenvalue weighted by molar-refractivity contribution is 7.88. The van der Waals surface area contributed by atoms with Crippen LogP contribution in [-0.4, -0.2) is 51.8 Å². The van der Waals surface area contributed by atoms with Crippen molar-refractivity contribution in [3.63, 3.8) is 0 Å². The van der Waals surface area contributed by atoms with Crippen LogP contribution < -0.4 is 10.5 Å². The highest BCUT2D eigenvalue weighted by atomic mass is 32.2. The molecule has 1 aliphatic rings. The third-order valence-electron chi connectivity index (χ3n) is 5.80. The average molecular weight is 465 g/mol. The molecule has 33 heavy (non-hydrogen) atoms. The summed E-state index contributed by atoms with van der Waals surface area (Å²) in [5.41, 5.74) is 8.33. The van der Waals surface area contributed by atoms with Crippen molar-refractivity contribution in [2.45, 2.75) is 18.9 Å². The second-order valence-electron chi connectivity index (χ2n) is 8.11. The van der Waals surface area contributed by atoms with Gasteiger partial charge in [0.1, 0.15) is 29.3 Å². The summed E-state index contributed by atoms with van der Waals surface area (Å²) in [5.74, 6) is 1.79. The molecule has 1 atom stereocenters. The first-order valence-electron chi connectivity index (χ1n) is 10.7. The van der Waals surface area contributed by atoms with E-state index in [4.69, 9.17) is 15.6 Å². The number of nitrogen functional groups attached to an aromatic ring is 1. The van der Waals surface area contributed by atoms with Gasteiger partial charge in [-0.25, -0.2) is 27.4 Å². The number of aromatic nitrogens is 4. The first-order chi connectivity index (χ1) is 15.9. The lowest BCUT2D eigenvalue weighted by Crippen LogP contribution is -2.40. The van der Waals surface area contributed by atoms with Crippen LogP contribution in [0.25, 0.3) is 22.3 Å². The maximum atomic E-state index is 12.1. The normalized spacial score (nSPS) is 17.3. The summed E-state index contributed by atoms with van der Waals surface area (Å²) in [6, 6.07) is 17.0. The summed E-state index contributed by atoms with van der Waals surface area (Å²) >= 11 is 0. The van der Waals surface area contributed by atoms with Crippen molar-refractivity contribution in [3.05, 3.63) is 60.9 Å². The zero-order chi connectivity index (χ0) is 23.0. The number of sulfonamides is 1. The van der Waals surface area contributed by atoms with Gasteiger partial charge < -0.3 is 10.5 Å². The number of benzene rings is 2. The lowest BCUT2D eigenvalue weighted by Gasteiger charge is -2.31. The van der Waals surface area contributed by atoms with Gasteiger partial charge >= 0.3 is 0 Å². The van der Waals surface area contributed by atoms with Crippen molar-refractivity contribution in [1.29, 1.82) is 0 Å². The number of anilines is 1. The fraction of sp³-hybridized carbons (Fsp3) is 0.261. The molecule has 1 saturated heterocycles. The number of hydrogen-bond donors (Lipinski definition) is 1. The van der Waals surface area contributed by atoms with Gasteiger partial charge in [0.2, 0.25) is 10.0 Å². The summed E-state index contributed by atoms with van der Waals surface area (Å²) < 4.78 is 33.4. The van der Waals surface area contributed by atoms with Crippen LogP contribution in [0.5, 0.6) is 11.5 Å². The van der Waals surface area contributed by atoms with Gasteiger partial charge in [-0.2, -0.15) is 5.10 Å². The average Bonchev–Trinajstić information content (AvgIpc) is 3.21. The molecule has 1 aliphatic heterocycles. The molecule has 2 aromatic heterocycles. The lowest BCUT2D eigenvalue weighted by molar-refractivity contribution is 0.259. The van der Waals surface area contributed by atoms with Gasteiger partial charge in [0.25, 0.3) is 0 Å². The topological polar surface area (TPSA) is 116 Å². The summed E-state index contributed by atoms with van der Waals surface area (Å²) in [6.07, 6.45) is 4.20. The van der Waals surface area contributed by atoms with E-state index in [9.17, 15) is 8.42 Å². The second kappa shape index (κ2) is 8.45. The van der Waals surface area contributed by atoms with Crippen LogP contribution in [0.1, 0.15) is 18.9 Å². The minimum atomic E-state index is -3.28. The van der Waals surface area contributed by atoms with Crippen molar-refractivity contribution in [2.75, 3.05) is 25.1 Å². The van der Waals surface area contributed by atoms with E-state index in [0.29, 0.717) is 41.4 Å². The molecule has 0 radical (unpaired) electrons. The fourth-order valence-electron chi connectivity index (χ4n) is 4.18. The molecule has 0 saturated carbocycles. The minimum Gasteiger partial charge on any atom is -0.457 e. The first kappa shape index (κ1) is 21.4. The molecule has 3 heterocycles. The van der Waals surface area contributed by atoms with E-state index >= 15 is 0 Å². The van der Waals surface area contributed by atoms with Crippen LogP contribution in [0.15, 0.2) is 60.9 Å². The highest BCUT2D eigenvalue weighted by Crippen LogP contribution is 2.35. The van der Waals surface area contributed by atoms with E-state index < -0.39 is 10.0 Å². The molecule has 0 amide bonds. The molecule has 2 aromatic carbocycles. The third-order valence-corrected chi connectivity index (χ3v) is 7.07. The standard InChI is InChI=1S/C23H24N6O3S/c1-33(30,31)28-13-5-6-17(14-28)29-23-20(22(24)25-15-26-23)21(27-29)16-9-11-19(12-10-16)32-18-7-3-2-4-8-18/h2-4,7-12,15,17H,5-6,13-14H2,1H3,(H2,24,25,26). The predicted octanol–water partition coefficient (Wildman–Crippen LogP) is 3.46. The predicted molar refractivity (Wildman–Crippen MR) is 126 cm³/mol. The Morgan fingerprint density at radius 3 is 2.48 bits per heavy atom. The van der Waals surface area contributed by atoms with Crippen molar-refractivity contribution in [2.24, 2.45) is 0 Å². The maximum absolute atomic E-state index is 12.1. The van der Waals surface area contributed by atoms with E-state index in [1.165, 1.54) is 16.9 Å². The number of hydrogen-bond acceptors (Lipinski definition) is 7. The van der Waals surface area contributed by atoms with E-state index in [-0.39, 0.29) is 6.04 Å². The second-order valence-corrected chi connectivity index (χ2v) is 10.1. The smallest absolute Gasteiger partial charge is 0.211 e. The molecule has 2 N–H and O–H groups in total. The van der Waals surface area contributed by atoms with Crippen LogP contribution >= 0.6 is 0 Å². The zero-order valence-corrected chi connectivity index (χ0v) is 18.9. The Hall–Kier alpha value is -3.50. The lowest BCUT2D eigenvalue weighted by atomic mass is 10.1. The van der Waals surface area contributed by atoms with Gasteiger partial charge in [-0.15, -0.1) is 0 Å². The summed E-state index contributed by atoms with van der Waals surface area (Å²) in [4.78, 5) is 8.60. The number of nitrogens with two attached hydrogens (primary N) is 1. The molecule has 4 aromatic rings. The Kier molecular flexibility index (Phi) is 5.47. The van der Waals surface area contributed by atoms with Crippen molar-refractivity contribution < 1.29 is 13.2 Å². The number of para-hydroxylation sites is 1. The Bertz CT molecular complexity index is 1390. The van der Waals surface area contributed by atoms with Gasteiger partial charge in [0.15, 0.2) is 5.65 Å². The van der Waals surface area contributed by atoms with Crippen LogP contribution in [0, 0.1) is 0 Å². The highest BCUT2D eigenvalue weighted by Gasteiger charge is 2.30. The van der Waals surface area contributed by atoms with Gasteiger partial charge in [0, 0.05) is 18.7 Å². The SMILES string of the molecule is CS(=O)(=O)N1CCCC(n2nc(-c3ccc(Oc4ccccc4)cc3)c3c(N)ncnc32)C1. The van der Waals surface area contributed by atoms with Gasteiger partial charge in [0.05, 0.1) is 17.7 Å². The van der Waals surface area contributed by atoms with Crippen molar-refractivity contribution in [1.82, 2.24) is 24.1 Å². The maximum Gasteiger partial charge on any atom is 0.211 e. The molecule has 0 spiro atoms. The van der Waals surface area contributed by atoms with Crippen molar-refractivity contribution in [3.8, 4) is 22.8 Å². The van der Waals surface area contributed by atoms with Crippen LogP contribution in [0.3, 0.4) is 0 Å². The Labute approximate surface area is 191 Å². The summed E-state index contributed by atoms with van der Waals surface area (Å²) in [5, 5.41) is 5.50. The number of piperidine rings is 1. The van der Waals surface area contributed by atoms with Gasteiger partial charge in [-0.1, -0.05) is 18.2 Å². The van der Waals surface area contributed by atoms with E-state index in [0.717, 1.165) is 24.2 Å². The van der Waals surface area contributed by atoms with E-state index in [1.54, 1.807) is 4.68 Å². The Morgan fingerprint density at radius 1 is 1.03 bits per heavy atom. The monoisotopic (exact) mass is 464 g/mol. The summed E-state index contributed by atoms with van der Waals surface area (Å²) in [6.45, 7) is 0.865. The Balaban J connectivity index is 1.51. The van der Waals surface area contributed by atoms with Gasteiger partial charge in [-0.3, -0.25) is 0 Å². The molecular weight excluding hydrogens is 440 g/mol. The van der Waals surface area contributed by atoms with E-state index in [1.807, 2.05) is 54.6 Å². The molecule has 1 fully saturated rings. The molecule has 1 unspecified atom stereocenters. The summed E-state index contributed by atoms with van der Waals surface area (Å²) in [7, 11) is -3.28. The number of fused-ring (bicyclic) bond motifs is 1. The van der Waals surface area contributed by atoms with Gasteiger partial charge in [-0.05, 0) is 49.2 Å². The fourth-order valence-corrected chi connectivity index (χ4v) is 5.08. The van der Waals surface area contributed by atoms with E-state index in [2.05, 4.69) is 9.97 Å². The number of rotatable bonds is 5. The third kappa shape index (κ3) is 4.27. The number of nitrogens with zero attached hydrogens (tertiary/aromatic N) is 5.